The van der Waals surface area contributed by atoms with Crippen molar-refractivity contribution in [3.8, 4) is 11.1 Å². The summed E-state index contributed by atoms with van der Waals surface area (Å²) in [5.74, 6) is 0.444. The maximum atomic E-state index is 13.5. The second-order valence-corrected chi connectivity index (χ2v) is 7.91. The van der Waals surface area contributed by atoms with E-state index in [-0.39, 0.29) is 5.56 Å². The fourth-order valence-corrected chi connectivity index (χ4v) is 4.15. The van der Waals surface area contributed by atoms with Crippen LogP contribution in [0.1, 0.15) is 18.4 Å². The van der Waals surface area contributed by atoms with Crippen molar-refractivity contribution in [3.05, 3.63) is 52.4 Å². The van der Waals surface area contributed by atoms with Gasteiger partial charge in [-0.15, -0.1) is 0 Å². The van der Waals surface area contributed by atoms with Gasteiger partial charge in [-0.05, 0) is 62.2 Å². The molecule has 1 aliphatic rings. The highest BCUT2D eigenvalue weighted by atomic mass is 32.2. The number of hydrogen-bond donors (Lipinski definition) is 1. The van der Waals surface area contributed by atoms with E-state index < -0.39 is 0 Å². The molecule has 1 unspecified atom stereocenters. The zero-order valence-electron chi connectivity index (χ0n) is 15.7. The molecule has 1 N–H and O–H groups in total. The van der Waals surface area contributed by atoms with Crippen LogP contribution in [0.5, 0.6) is 0 Å². The number of piperidine rings is 1. The van der Waals surface area contributed by atoms with Gasteiger partial charge in [0.15, 0.2) is 5.16 Å². The van der Waals surface area contributed by atoms with Crippen LogP contribution in [0.4, 0.5) is 0 Å². The molecule has 1 atom stereocenters. The van der Waals surface area contributed by atoms with E-state index in [1.165, 1.54) is 11.8 Å². The summed E-state index contributed by atoms with van der Waals surface area (Å²) in [5.41, 5.74) is 3.58. The van der Waals surface area contributed by atoms with Crippen LogP contribution >= 0.6 is 11.8 Å². The summed E-state index contributed by atoms with van der Waals surface area (Å²) in [6.45, 7) is 4.74. The monoisotopic (exact) mass is 380 g/mol. The van der Waals surface area contributed by atoms with Crippen molar-refractivity contribution in [1.82, 2.24) is 19.9 Å². The van der Waals surface area contributed by atoms with Gasteiger partial charge in [0.1, 0.15) is 5.65 Å². The molecule has 0 amide bonds. The maximum absolute atomic E-state index is 13.5. The van der Waals surface area contributed by atoms with Gasteiger partial charge in [-0.2, -0.15) is 0 Å². The zero-order chi connectivity index (χ0) is 18.8. The highest BCUT2D eigenvalue weighted by molar-refractivity contribution is 7.98. The molecular formula is C21H24N4OS. The van der Waals surface area contributed by atoms with Gasteiger partial charge in [0.05, 0.1) is 0 Å². The fraction of sp³-hybridized carbons (Fsp3) is 0.381. The third-order valence-electron chi connectivity index (χ3n) is 5.26. The molecule has 1 fully saturated rings. The Hall–Kier alpha value is -2.18. The highest BCUT2D eigenvalue weighted by Crippen LogP contribution is 2.25. The number of hydrogen-bond acceptors (Lipinski definition) is 5. The molecule has 2 aromatic heterocycles. The summed E-state index contributed by atoms with van der Waals surface area (Å²) in [6, 6.07) is 9.98. The van der Waals surface area contributed by atoms with E-state index in [2.05, 4.69) is 15.3 Å². The van der Waals surface area contributed by atoms with Crippen LogP contribution in [0.25, 0.3) is 22.2 Å². The Labute approximate surface area is 163 Å². The quantitative estimate of drug-likeness (QED) is 0.555. The number of aryl methyl sites for hydroxylation is 1. The molecule has 1 aromatic carbocycles. The van der Waals surface area contributed by atoms with Gasteiger partial charge >= 0.3 is 0 Å². The van der Waals surface area contributed by atoms with Crippen LogP contribution in [0.2, 0.25) is 0 Å². The minimum Gasteiger partial charge on any atom is -0.316 e. The first-order valence-electron chi connectivity index (χ1n) is 9.38. The Morgan fingerprint density at radius 2 is 2.15 bits per heavy atom. The van der Waals surface area contributed by atoms with Crippen molar-refractivity contribution < 1.29 is 0 Å². The van der Waals surface area contributed by atoms with Crippen molar-refractivity contribution in [2.24, 2.45) is 5.92 Å². The summed E-state index contributed by atoms with van der Waals surface area (Å²) in [7, 11) is 0. The molecule has 0 saturated carbocycles. The summed E-state index contributed by atoms with van der Waals surface area (Å²) < 4.78 is 1.87. The lowest BCUT2D eigenvalue weighted by Gasteiger charge is -2.24. The molecule has 0 spiro atoms. The number of nitrogens with one attached hydrogen (secondary N) is 1. The summed E-state index contributed by atoms with van der Waals surface area (Å²) in [6.07, 6.45) is 6.08. The third kappa shape index (κ3) is 3.64. The van der Waals surface area contributed by atoms with Gasteiger partial charge in [-0.3, -0.25) is 9.36 Å². The summed E-state index contributed by atoms with van der Waals surface area (Å²) in [4.78, 5) is 22.6. The van der Waals surface area contributed by atoms with Crippen LogP contribution < -0.4 is 10.9 Å². The SMILES string of the molecule is CSc1ncc2cc(-c3ccccc3C)c(=O)n(CC3CCCNC3)c2n1. The smallest absolute Gasteiger partial charge is 0.260 e. The number of fused-ring (bicyclic) bond motifs is 1. The summed E-state index contributed by atoms with van der Waals surface area (Å²) in [5, 5.41) is 5.06. The fourth-order valence-electron chi connectivity index (χ4n) is 3.82. The molecule has 1 aliphatic heterocycles. The summed E-state index contributed by atoms with van der Waals surface area (Å²) >= 11 is 1.50. The molecule has 3 aromatic rings. The maximum Gasteiger partial charge on any atom is 0.260 e. The van der Waals surface area contributed by atoms with Crippen molar-refractivity contribution >= 4 is 22.8 Å². The Bertz CT molecular complexity index is 1020. The normalized spacial score (nSPS) is 17.3. The average Bonchev–Trinajstić information content (AvgIpc) is 2.71. The van der Waals surface area contributed by atoms with Crippen molar-refractivity contribution in [2.75, 3.05) is 19.3 Å². The lowest BCUT2D eigenvalue weighted by molar-refractivity contribution is 0.337. The zero-order valence-corrected chi connectivity index (χ0v) is 16.6. The molecule has 6 heteroatoms. The molecule has 5 nitrogen and oxygen atoms in total. The Kier molecular flexibility index (Phi) is 5.27. The number of thioether (sulfide) groups is 1. The predicted molar refractivity (Wildman–Crippen MR) is 111 cm³/mol. The van der Waals surface area contributed by atoms with Crippen molar-refractivity contribution in [1.29, 1.82) is 0 Å². The molecule has 1 saturated heterocycles. The second kappa shape index (κ2) is 7.82. The molecule has 27 heavy (non-hydrogen) atoms. The van der Waals surface area contributed by atoms with Gasteiger partial charge in [0.2, 0.25) is 0 Å². The minimum atomic E-state index is 0.0353. The number of pyridine rings is 1. The Balaban J connectivity index is 1.92. The molecule has 0 bridgehead atoms. The van der Waals surface area contributed by atoms with Crippen LogP contribution in [0.3, 0.4) is 0 Å². The second-order valence-electron chi connectivity index (χ2n) is 7.14. The lowest BCUT2D eigenvalue weighted by Crippen LogP contribution is -2.35. The van der Waals surface area contributed by atoms with Gasteiger partial charge < -0.3 is 5.32 Å². The predicted octanol–water partition coefficient (Wildman–Crippen LogP) is 3.49. The minimum absolute atomic E-state index is 0.0353. The third-order valence-corrected chi connectivity index (χ3v) is 5.82. The molecule has 4 rings (SSSR count). The lowest BCUT2D eigenvalue weighted by atomic mass is 9.98. The van der Waals surface area contributed by atoms with Crippen LogP contribution in [-0.4, -0.2) is 33.9 Å². The largest absolute Gasteiger partial charge is 0.316 e. The highest BCUT2D eigenvalue weighted by Gasteiger charge is 2.19. The number of aromatic nitrogens is 3. The van der Waals surface area contributed by atoms with Gasteiger partial charge in [-0.1, -0.05) is 36.0 Å². The van der Waals surface area contributed by atoms with E-state index in [1.54, 1.807) is 0 Å². The Morgan fingerprint density at radius 1 is 1.30 bits per heavy atom. The van der Waals surface area contributed by atoms with Crippen LogP contribution in [0, 0.1) is 12.8 Å². The van der Waals surface area contributed by atoms with E-state index in [4.69, 9.17) is 0 Å². The molecule has 140 valence electrons. The van der Waals surface area contributed by atoms with E-state index in [0.29, 0.717) is 17.6 Å². The van der Waals surface area contributed by atoms with Gasteiger partial charge in [-0.25, -0.2) is 9.97 Å². The van der Waals surface area contributed by atoms with E-state index in [0.717, 1.165) is 53.7 Å². The first-order chi connectivity index (χ1) is 13.2. The number of rotatable bonds is 4. The van der Waals surface area contributed by atoms with Gasteiger partial charge in [0.25, 0.3) is 5.56 Å². The average molecular weight is 381 g/mol. The first kappa shape index (κ1) is 18.2. The van der Waals surface area contributed by atoms with E-state index in [9.17, 15) is 4.79 Å². The number of benzene rings is 1. The van der Waals surface area contributed by atoms with Crippen molar-refractivity contribution in [2.45, 2.75) is 31.5 Å². The molecule has 3 heterocycles. The van der Waals surface area contributed by atoms with Crippen LogP contribution in [0.15, 0.2) is 46.5 Å². The van der Waals surface area contributed by atoms with E-state index in [1.807, 2.05) is 54.3 Å². The van der Waals surface area contributed by atoms with Crippen LogP contribution in [-0.2, 0) is 6.54 Å². The molecular weight excluding hydrogens is 356 g/mol. The Morgan fingerprint density at radius 3 is 2.89 bits per heavy atom. The topological polar surface area (TPSA) is 59.8 Å². The van der Waals surface area contributed by atoms with E-state index >= 15 is 0 Å². The molecule has 0 aliphatic carbocycles. The number of nitrogens with zero attached hydrogens (tertiary/aromatic N) is 3. The standard InChI is InChI=1S/C21H24N4OS/c1-14-6-3-4-8-17(14)18-10-16-12-23-21(27-2)24-19(16)25(20(18)26)13-15-7-5-9-22-11-15/h3-4,6,8,10,12,15,22H,5,7,9,11,13H2,1-2H3. The van der Waals surface area contributed by atoms with Gasteiger partial charge in [0, 0.05) is 23.7 Å². The van der Waals surface area contributed by atoms with Crippen molar-refractivity contribution in [3.63, 3.8) is 0 Å². The molecule has 0 radical (unpaired) electrons. The first-order valence-corrected chi connectivity index (χ1v) is 10.6.